The van der Waals surface area contributed by atoms with Crippen molar-refractivity contribution in [2.45, 2.75) is 16.2 Å². The van der Waals surface area contributed by atoms with Crippen LogP contribution in [0.25, 0.3) is 11.3 Å². The Labute approximate surface area is 143 Å². The highest BCUT2D eigenvalue weighted by molar-refractivity contribution is 7.93. The van der Waals surface area contributed by atoms with Crippen molar-refractivity contribution in [2.75, 3.05) is 5.32 Å². The summed E-state index contributed by atoms with van der Waals surface area (Å²) in [7, 11) is -3.68. The van der Waals surface area contributed by atoms with E-state index in [0.29, 0.717) is 11.4 Å². The molecule has 1 aromatic heterocycles. The van der Waals surface area contributed by atoms with E-state index in [1.807, 2.05) is 30.3 Å². The average Bonchev–Trinajstić information content (AvgIpc) is 3.06. The number of benzene rings is 2. The van der Waals surface area contributed by atoms with Gasteiger partial charge in [0.25, 0.3) is 0 Å². The first kappa shape index (κ1) is 16.4. The molecule has 0 spiro atoms. The number of rotatable bonds is 4. The van der Waals surface area contributed by atoms with Crippen LogP contribution in [0.15, 0.2) is 69.2 Å². The van der Waals surface area contributed by atoms with Crippen LogP contribution < -0.4 is 5.32 Å². The zero-order valence-electron chi connectivity index (χ0n) is 12.8. The van der Waals surface area contributed by atoms with Gasteiger partial charge in [0, 0.05) is 23.6 Å². The van der Waals surface area contributed by atoms with E-state index in [1.165, 1.54) is 19.1 Å². The van der Waals surface area contributed by atoms with Crippen molar-refractivity contribution >= 4 is 32.8 Å². The molecule has 0 aliphatic rings. The van der Waals surface area contributed by atoms with Crippen LogP contribution in [0.4, 0.5) is 5.69 Å². The molecule has 0 saturated carbocycles. The molecule has 1 heterocycles. The minimum Gasteiger partial charge on any atom is -0.326 e. The van der Waals surface area contributed by atoms with E-state index in [9.17, 15) is 13.2 Å². The highest BCUT2D eigenvalue weighted by Crippen LogP contribution is 2.29. The Hall–Kier alpha value is -2.51. The number of amides is 1. The lowest BCUT2D eigenvalue weighted by Gasteiger charge is -2.04. The normalized spacial score (nSPS) is 11.2. The van der Waals surface area contributed by atoms with Gasteiger partial charge in [0.15, 0.2) is 0 Å². The molecule has 122 valence electrons. The van der Waals surface area contributed by atoms with Gasteiger partial charge in [-0.15, -0.1) is 11.3 Å². The summed E-state index contributed by atoms with van der Waals surface area (Å²) in [6, 6.07) is 15.5. The standard InChI is InChI=1S/C17H14N2O3S2/c1-12(20)18-14-7-9-15(10-8-14)24(21,22)17-19-16(11-23-17)13-5-3-2-4-6-13/h2-11H,1H3,(H,18,20). The number of anilines is 1. The summed E-state index contributed by atoms with van der Waals surface area (Å²) in [6.45, 7) is 1.39. The van der Waals surface area contributed by atoms with E-state index in [-0.39, 0.29) is 15.1 Å². The van der Waals surface area contributed by atoms with Gasteiger partial charge in [-0.25, -0.2) is 13.4 Å². The van der Waals surface area contributed by atoms with Crippen LogP contribution in [0, 0.1) is 0 Å². The fourth-order valence-corrected chi connectivity index (χ4v) is 4.55. The lowest BCUT2D eigenvalue weighted by atomic mass is 10.2. The van der Waals surface area contributed by atoms with E-state index in [1.54, 1.807) is 17.5 Å². The average molecular weight is 358 g/mol. The van der Waals surface area contributed by atoms with Crippen molar-refractivity contribution in [1.82, 2.24) is 4.98 Å². The molecule has 0 bridgehead atoms. The maximum absolute atomic E-state index is 12.7. The van der Waals surface area contributed by atoms with Crippen LogP contribution in [0.5, 0.6) is 0 Å². The van der Waals surface area contributed by atoms with Gasteiger partial charge < -0.3 is 5.32 Å². The third kappa shape index (κ3) is 3.37. The molecule has 24 heavy (non-hydrogen) atoms. The van der Waals surface area contributed by atoms with E-state index in [2.05, 4.69) is 10.3 Å². The van der Waals surface area contributed by atoms with Crippen molar-refractivity contribution in [1.29, 1.82) is 0 Å². The van der Waals surface area contributed by atoms with Gasteiger partial charge in [0.2, 0.25) is 20.1 Å². The summed E-state index contributed by atoms with van der Waals surface area (Å²) in [4.78, 5) is 15.4. The monoisotopic (exact) mass is 358 g/mol. The molecule has 1 N–H and O–H groups in total. The first-order valence-corrected chi connectivity index (χ1v) is 9.47. The molecular weight excluding hydrogens is 344 g/mol. The summed E-state index contributed by atoms with van der Waals surface area (Å²) in [5.41, 5.74) is 2.05. The molecule has 0 aliphatic carbocycles. The summed E-state index contributed by atoms with van der Waals surface area (Å²) >= 11 is 1.09. The summed E-state index contributed by atoms with van der Waals surface area (Å²) in [6.07, 6.45) is 0. The zero-order chi connectivity index (χ0) is 17.2. The molecule has 7 heteroatoms. The number of thiazole rings is 1. The number of nitrogens with zero attached hydrogens (tertiary/aromatic N) is 1. The van der Waals surface area contributed by atoms with Gasteiger partial charge in [-0.2, -0.15) is 0 Å². The van der Waals surface area contributed by atoms with E-state index < -0.39 is 9.84 Å². The molecule has 0 atom stereocenters. The predicted octanol–water partition coefficient (Wildman–Crippen LogP) is 3.60. The summed E-state index contributed by atoms with van der Waals surface area (Å²) in [5, 5.41) is 4.33. The Kier molecular flexibility index (Phi) is 4.46. The minimum absolute atomic E-state index is 0.0497. The fraction of sp³-hybridized carbons (Fsp3) is 0.0588. The number of nitrogens with one attached hydrogen (secondary N) is 1. The van der Waals surface area contributed by atoms with Crippen molar-refractivity contribution < 1.29 is 13.2 Å². The van der Waals surface area contributed by atoms with Crippen LogP contribution in [0.2, 0.25) is 0 Å². The second-order valence-corrected chi connectivity index (χ2v) is 8.06. The maximum Gasteiger partial charge on any atom is 0.233 e. The highest BCUT2D eigenvalue weighted by Gasteiger charge is 2.22. The second-order valence-electron chi connectivity index (χ2n) is 5.07. The first-order valence-electron chi connectivity index (χ1n) is 7.10. The largest absolute Gasteiger partial charge is 0.326 e. The molecule has 0 radical (unpaired) electrons. The topological polar surface area (TPSA) is 76.1 Å². The van der Waals surface area contributed by atoms with Crippen molar-refractivity contribution in [3.8, 4) is 11.3 Å². The second kappa shape index (κ2) is 6.54. The molecular formula is C17H14N2O3S2. The van der Waals surface area contributed by atoms with Gasteiger partial charge in [-0.3, -0.25) is 4.79 Å². The fourth-order valence-electron chi connectivity index (χ4n) is 2.14. The highest BCUT2D eigenvalue weighted by atomic mass is 32.2. The zero-order valence-corrected chi connectivity index (χ0v) is 14.4. The van der Waals surface area contributed by atoms with Crippen molar-refractivity contribution in [3.05, 3.63) is 60.0 Å². The lowest BCUT2D eigenvalue weighted by Crippen LogP contribution is -2.06. The van der Waals surface area contributed by atoms with Gasteiger partial charge in [0.05, 0.1) is 10.6 Å². The van der Waals surface area contributed by atoms with Crippen LogP contribution in [0.1, 0.15) is 6.92 Å². The van der Waals surface area contributed by atoms with Gasteiger partial charge >= 0.3 is 0 Å². The minimum atomic E-state index is -3.68. The van der Waals surface area contributed by atoms with E-state index in [4.69, 9.17) is 0 Å². The summed E-state index contributed by atoms with van der Waals surface area (Å²) < 4.78 is 25.4. The number of carbonyl (C=O) groups is 1. The Bertz CT molecular complexity index is 963. The summed E-state index contributed by atoms with van der Waals surface area (Å²) in [5.74, 6) is -0.210. The van der Waals surface area contributed by atoms with Gasteiger partial charge in [0.1, 0.15) is 0 Å². The molecule has 0 saturated heterocycles. The molecule has 0 aliphatic heterocycles. The van der Waals surface area contributed by atoms with Crippen LogP contribution in [-0.2, 0) is 14.6 Å². The number of carbonyl (C=O) groups excluding carboxylic acids is 1. The Balaban J connectivity index is 1.91. The number of hydrogen-bond acceptors (Lipinski definition) is 5. The number of hydrogen-bond donors (Lipinski definition) is 1. The third-order valence-electron chi connectivity index (χ3n) is 3.27. The molecule has 1 amide bonds. The Morgan fingerprint density at radius 2 is 1.71 bits per heavy atom. The quantitative estimate of drug-likeness (QED) is 0.773. The maximum atomic E-state index is 12.7. The number of sulfone groups is 1. The smallest absolute Gasteiger partial charge is 0.233 e. The third-order valence-corrected chi connectivity index (χ3v) is 6.29. The van der Waals surface area contributed by atoms with Crippen molar-refractivity contribution in [3.63, 3.8) is 0 Å². The van der Waals surface area contributed by atoms with Crippen LogP contribution in [0.3, 0.4) is 0 Å². The first-order chi connectivity index (χ1) is 11.5. The molecule has 3 rings (SSSR count). The van der Waals surface area contributed by atoms with Crippen LogP contribution >= 0.6 is 11.3 Å². The molecule has 0 unspecified atom stereocenters. The van der Waals surface area contributed by atoms with E-state index in [0.717, 1.165) is 16.9 Å². The molecule has 3 aromatic rings. The van der Waals surface area contributed by atoms with Crippen molar-refractivity contribution in [2.24, 2.45) is 0 Å². The molecule has 2 aromatic carbocycles. The molecule has 0 fully saturated rings. The van der Waals surface area contributed by atoms with E-state index >= 15 is 0 Å². The number of aromatic nitrogens is 1. The Morgan fingerprint density at radius 3 is 2.33 bits per heavy atom. The van der Waals surface area contributed by atoms with Gasteiger partial charge in [-0.05, 0) is 24.3 Å². The van der Waals surface area contributed by atoms with Gasteiger partial charge in [-0.1, -0.05) is 30.3 Å². The molecule has 5 nitrogen and oxygen atoms in total. The predicted molar refractivity (Wildman–Crippen MR) is 93.7 cm³/mol. The Morgan fingerprint density at radius 1 is 1.04 bits per heavy atom. The SMILES string of the molecule is CC(=O)Nc1ccc(S(=O)(=O)c2nc(-c3ccccc3)cs2)cc1. The lowest BCUT2D eigenvalue weighted by molar-refractivity contribution is -0.114. The van der Waals surface area contributed by atoms with Crippen LogP contribution in [-0.4, -0.2) is 19.3 Å².